The highest BCUT2D eigenvalue weighted by Crippen LogP contribution is 2.35. The Labute approximate surface area is 200 Å². The fraction of sp³-hybridized carbons (Fsp3) is 0.174. The van der Waals surface area contributed by atoms with Gasteiger partial charge in [-0.15, -0.1) is 0 Å². The second-order valence-electron chi connectivity index (χ2n) is 6.69. The summed E-state index contributed by atoms with van der Waals surface area (Å²) >= 11 is 18.6. The van der Waals surface area contributed by atoms with E-state index in [9.17, 15) is 9.90 Å². The summed E-state index contributed by atoms with van der Waals surface area (Å²) in [6, 6.07) is 13.1. The van der Waals surface area contributed by atoms with E-state index in [4.69, 9.17) is 49.0 Å². The predicted molar refractivity (Wildman–Crippen MR) is 126 cm³/mol. The molecule has 0 saturated heterocycles. The molecule has 3 aromatic rings. The summed E-state index contributed by atoms with van der Waals surface area (Å²) in [6.07, 6.45) is 0. The van der Waals surface area contributed by atoms with E-state index in [0.29, 0.717) is 44.5 Å². The molecule has 6 nitrogen and oxygen atoms in total. The summed E-state index contributed by atoms with van der Waals surface area (Å²) in [4.78, 5) is 11.3. The van der Waals surface area contributed by atoms with E-state index in [2.05, 4.69) is 5.32 Å². The van der Waals surface area contributed by atoms with Gasteiger partial charge in [-0.2, -0.15) is 0 Å². The molecule has 0 unspecified atom stereocenters. The van der Waals surface area contributed by atoms with Gasteiger partial charge in [-0.25, -0.2) is 4.79 Å². The summed E-state index contributed by atoms with van der Waals surface area (Å²) < 4.78 is 16.6. The van der Waals surface area contributed by atoms with Crippen molar-refractivity contribution < 1.29 is 24.1 Å². The lowest BCUT2D eigenvalue weighted by Crippen LogP contribution is -2.05. The third-order valence-electron chi connectivity index (χ3n) is 4.65. The number of methoxy groups -OCH3 is 2. The zero-order valence-corrected chi connectivity index (χ0v) is 19.5. The minimum atomic E-state index is -1.03. The molecular formula is C23H20Cl3NO5. The number of rotatable bonds is 9. The molecule has 0 radical (unpaired) electrons. The molecule has 0 bridgehead atoms. The molecular weight excluding hydrogens is 477 g/mol. The van der Waals surface area contributed by atoms with Crippen molar-refractivity contribution in [2.75, 3.05) is 19.5 Å². The molecule has 32 heavy (non-hydrogen) atoms. The normalized spacial score (nSPS) is 10.5. The van der Waals surface area contributed by atoms with E-state index < -0.39 is 5.97 Å². The minimum absolute atomic E-state index is 0.140. The standard InChI is InChI=1S/C23H20Cl3NO5/c1-30-20-6-4-13(23(28)29)7-19(20)27-11-15-8-21(31-2)22(10-18(15)26)32-12-14-3-5-16(24)9-17(14)25/h3-10,27H,11-12H2,1-2H3,(H,28,29). The Morgan fingerprint density at radius 2 is 1.59 bits per heavy atom. The molecule has 0 amide bonds. The Bertz CT molecular complexity index is 1140. The van der Waals surface area contributed by atoms with Crippen LogP contribution in [-0.4, -0.2) is 25.3 Å². The summed E-state index contributed by atoms with van der Waals surface area (Å²) in [5, 5.41) is 13.9. The number of benzene rings is 3. The van der Waals surface area contributed by atoms with Gasteiger partial charge in [0.25, 0.3) is 0 Å². The van der Waals surface area contributed by atoms with E-state index in [1.165, 1.54) is 26.4 Å². The highest BCUT2D eigenvalue weighted by molar-refractivity contribution is 6.35. The van der Waals surface area contributed by atoms with Crippen LogP contribution in [0.2, 0.25) is 15.1 Å². The molecule has 0 fully saturated rings. The maximum Gasteiger partial charge on any atom is 0.335 e. The van der Waals surface area contributed by atoms with Crippen molar-refractivity contribution >= 4 is 46.5 Å². The lowest BCUT2D eigenvalue weighted by atomic mass is 10.1. The van der Waals surface area contributed by atoms with Gasteiger partial charge >= 0.3 is 5.97 Å². The van der Waals surface area contributed by atoms with E-state index in [-0.39, 0.29) is 12.2 Å². The van der Waals surface area contributed by atoms with Crippen molar-refractivity contribution in [1.29, 1.82) is 0 Å². The Morgan fingerprint density at radius 1 is 0.875 bits per heavy atom. The topological polar surface area (TPSA) is 77.0 Å². The van der Waals surface area contributed by atoms with Gasteiger partial charge in [-0.05, 0) is 42.0 Å². The van der Waals surface area contributed by atoms with Crippen LogP contribution in [-0.2, 0) is 13.2 Å². The molecule has 3 aromatic carbocycles. The molecule has 0 spiro atoms. The lowest BCUT2D eigenvalue weighted by molar-refractivity contribution is 0.0697. The molecule has 9 heteroatoms. The molecule has 0 atom stereocenters. The van der Waals surface area contributed by atoms with Gasteiger partial charge in [-0.1, -0.05) is 40.9 Å². The van der Waals surface area contributed by atoms with Gasteiger partial charge in [0.05, 0.1) is 25.5 Å². The predicted octanol–water partition coefficient (Wildman–Crippen LogP) is 6.55. The molecule has 168 valence electrons. The first kappa shape index (κ1) is 23.9. The van der Waals surface area contributed by atoms with Crippen LogP contribution in [0.25, 0.3) is 0 Å². The fourth-order valence-corrected chi connectivity index (χ4v) is 3.63. The van der Waals surface area contributed by atoms with Crippen LogP contribution < -0.4 is 19.5 Å². The number of hydrogen-bond donors (Lipinski definition) is 2. The van der Waals surface area contributed by atoms with E-state index in [0.717, 1.165) is 11.1 Å². The Hall–Kier alpha value is -2.80. The molecule has 0 aliphatic heterocycles. The summed E-state index contributed by atoms with van der Waals surface area (Å²) in [7, 11) is 3.04. The number of halogens is 3. The Balaban J connectivity index is 1.78. The van der Waals surface area contributed by atoms with E-state index in [1.807, 2.05) is 0 Å². The number of anilines is 1. The fourth-order valence-electron chi connectivity index (χ4n) is 2.95. The van der Waals surface area contributed by atoms with Crippen molar-refractivity contribution in [1.82, 2.24) is 0 Å². The lowest BCUT2D eigenvalue weighted by Gasteiger charge is -2.16. The van der Waals surface area contributed by atoms with Crippen molar-refractivity contribution in [2.45, 2.75) is 13.2 Å². The van der Waals surface area contributed by atoms with Gasteiger partial charge in [-0.3, -0.25) is 0 Å². The Morgan fingerprint density at radius 3 is 2.25 bits per heavy atom. The van der Waals surface area contributed by atoms with Crippen LogP contribution in [0.3, 0.4) is 0 Å². The van der Waals surface area contributed by atoms with Crippen LogP contribution in [0.4, 0.5) is 5.69 Å². The maximum absolute atomic E-state index is 11.3. The smallest absolute Gasteiger partial charge is 0.335 e. The van der Waals surface area contributed by atoms with Gasteiger partial charge < -0.3 is 24.6 Å². The quantitative estimate of drug-likeness (QED) is 0.350. The van der Waals surface area contributed by atoms with E-state index >= 15 is 0 Å². The number of carbonyl (C=O) groups is 1. The van der Waals surface area contributed by atoms with Gasteiger partial charge in [0.2, 0.25) is 0 Å². The number of ether oxygens (including phenoxy) is 3. The molecule has 2 N–H and O–H groups in total. The first-order chi connectivity index (χ1) is 15.3. The van der Waals surface area contributed by atoms with Crippen LogP contribution in [0.1, 0.15) is 21.5 Å². The zero-order chi connectivity index (χ0) is 23.3. The average molecular weight is 497 g/mol. The van der Waals surface area contributed by atoms with Gasteiger partial charge in [0.1, 0.15) is 12.4 Å². The second kappa shape index (κ2) is 10.7. The third kappa shape index (κ3) is 5.71. The summed E-state index contributed by atoms with van der Waals surface area (Å²) in [6.45, 7) is 0.511. The highest BCUT2D eigenvalue weighted by Gasteiger charge is 2.14. The maximum atomic E-state index is 11.3. The van der Waals surface area contributed by atoms with Gasteiger partial charge in [0.15, 0.2) is 11.5 Å². The first-order valence-corrected chi connectivity index (χ1v) is 10.5. The third-order valence-corrected chi connectivity index (χ3v) is 5.59. The highest BCUT2D eigenvalue weighted by atomic mass is 35.5. The largest absolute Gasteiger partial charge is 0.495 e. The first-order valence-electron chi connectivity index (χ1n) is 9.40. The number of carboxylic acid groups (broad SMARTS) is 1. The molecule has 0 aliphatic carbocycles. The number of carboxylic acids is 1. The average Bonchev–Trinajstić information content (AvgIpc) is 2.77. The van der Waals surface area contributed by atoms with Crippen molar-refractivity contribution in [2.24, 2.45) is 0 Å². The number of hydrogen-bond acceptors (Lipinski definition) is 5. The van der Waals surface area contributed by atoms with Crippen LogP contribution >= 0.6 is 34.8 Å². The van der Waals surface area contributed by atoms with Crippen molar-refractivity contribution in [3.05, 3.63) is 80.3 Å². The molecule has 0 aliphatic rings. The van der Waals surface area contributed by atoms with Crippen molar-refractivity contribution in [3.8, 4) is 17.2 Å². The number of nitrogens with one attached hydrogen (secondary N) is 1. The van der Waals surface area contributed by atoms with Gasteiger partial charge in [0, 0.05) is 33.2 Å². The zero-order valence-electron chi connectivity index (χ0n) is 17.2. The van der Waals surface area contributed by atoms with E-state index in [1.54, 1.807) is 36.4 Å². The van der Waals surface area contributed by atoms with Crippen LogP contribution in [0.5, 0.6) is 17.2 Å². The Kier molecular flexibility index (Phi) is 7.96. The van der Waals surface area contributed by atoms with Crippen LogP contribution in [0.15, 0.2) is 48.5 Å². The number of aromatic carboxylic acids is 1. The summed E-state index contributed by atoms with van der Waals surface area (Å²) in [5.41, 5.74) is 2.16. The SMILES string of the molecule is COc1ccc(C(=O)O)cc1NCc1cc(OC)c(OCc2ccc(Cl)cc2Cl)cc1Cl. The molecule has 0 aromatic heterocycles. The molecule has 0 saturated carbocycles. The monoisotopic (exact) mass is 495 g/mol. The van der Waals surface area contributed by atoms with Crippen molar-refractivity contribution in [3.63, 3.8) is 0 Å². The second-order valence-corrected chi connectivity index (χ2v) is 7.94. The van der Waals surface area contributed by atoms with Crippen LogP contribution in [0, 0.1) is 0 Å². The minimum Gasteiger partial charge on any atom is -0.495 e. The molecule has 0 heterocycles. The summed E-state index contributed by atoms with van der Waals surface area (Å²) in [5.74, 6) is 0.427. The molecule has 3 rings (SSSR count).